The molecule has 9 nitrogen and oxygen atoms in total. The minimum absolute atomic E-state index is 0.139. The third kappa shape index (κ3) is 3.48. The Morgan fingerprint density at radius 1 is 1.36 bits per heavy atom. The van der Waals surface area contributed by atoms with Gasteiger partial charge in [0.1, 0.15) is 5.70 Å². The normalized spacial score (nSPS) is 25.7. The summed E-state index contributed by atoms with van der Waals surface area (Å²) in [7, 11) is 1.57. The minimum atomic E-state index is -0.418. The van der Waals surface area contributed by atoms with Crippen LogP contribution in [-0.4, -0.2) is 50.6 Å². The molecule has 9 heteroatoms. The molecule has 0 spiro atoms. The van der Waals surface area contributed by atoms with Crippen LogP contribution >= 0.6 is 0 Å². The Labute approximate surface area is 162 Å². The van der Waals surface area contributed by atoms with Gasteiger partial charge in [0.15, 0.2) is 0 Å². The first-order valence-electron chi connectivity index (χ1n) is 9.26. The Balaban J connectivity index is 1.74. The fourth-order valence-corrected chi connectivity index (χ4v) is 3.42. The third-order valence-corrected chi connectivity index (χ3v) is 4.81. The molecule has 28 heavy (non-hydrogen) atoms. The molecule has 1 aliphatic carbocycles. The lowest BCUT2D eigenvalue weighted by Crippen LogP contribution is -2.45. The molecule has 1 aliphatic heterocycles. The molecule has 2 aliphatic rings. The van der Waals surface area contributed by atoms with Crippen molar-refractivity contribution < 1.29 is 9.84 Å². The first-order chi connectivity index (χ1) is 13.7. The van der Waals surface area contributed by atoms with Crippen LogP contribution in [0.4, 0.5) is 0 Å². The summed E-state index contributed by atoms with van der Waals surface area (Å²) in [5.41, 5.74) is 8.57. The number of nitrogens with zero attached hydrogens (tertiary/aromatic N) is 5. The molecule has 2 aromatic heterocycles. The Morgan fingerprint density at radius 3 is 3.00 bits per heavy atom. The maximum atomic E-state index is 10.0. The number of fused-ring (bicyclic) bond motifs is 1. The van der Waals surface area contributed by atoms with Gasteiger partial charge >= 0.3 is 0 Å². The van der Waals surface area contributed by atoms with Crippen LogP contribution in [0.1, 0.15) is 31.7 Å². The molecule has 0 amide bonds. The molecule has 0 saturated heterocycles. The van der Waals surface area contributed by atoms with Crippen molar-refractivity contribution in [3.63, 3.8) is 0 Å². The molecular formula is C19H23N7O2. The highest BCUT2D eigenvalue weighted by Crippen LogP contribution is 2.24. The van der Waals surface area contributed by atoms with Gasteiger partial charge < -0.3 is 9.84 Å². The van der Waals surface area contributed by atoms with Crippen molar-refractivity contribution in [1.29, 1.82) is 0 Å². The largest absolute Gasteiger partial charge is 0.479 e. The maximum Gasteiger partial charge on any atom is 0.242 e. The fourth-order valence-electron chi connectivity index (χ4n) is 3.42. The number of aliphatic hydroxyl groups is 1. The first kappa shape index (κ1) is 18.2. The molecule has 3 N–H and O–H groups in total. The quantitative estimate of drug-likeness (QED) is 0.742. The van der Waals surface area contributed by atoms with Gasteiger partial charge in [0, 0.05) is 35.9 Å². The number of hydrogen-bond donors (Lipinski definition) is 3. The van der Waals surface area contributed by atoms with E-state index < -0.39 is 6.10 Å². The summed E-state index contributed by atoms with van der Waals surface area (Å²) in [6.07, 6.45) is 13.3. The molecule has 0 aromatic carbocycles. The monoisotopic (exact) mass is 381 g/mol. The van der Waals surface area contributed by atoms with E-state index in [0.717, 1.165) is 30.4 Å². The van der Waals surface area contributed by atoms with Crippen LogP contribution in [0.25, 0.3) is 11.4 Å². The lowest BCUT2D eigenvalue weighted by molar-refractivity contribution is 0.166. The summed E-state index contributed by atoms with van der Waals surface area (Å²) in [6.45, 7) is 1.94. The zero-order valence-corrected chi connectivity index (χ0v) is 15.8. The number of aliphatic imine (C=N–C) groups is 2. The number of methoxy groups -OCH3 is 1. The van der Waals surface area contributed by atoms with Crippen LogP contribution in [0.3, 0.4) is 0 Å². The zero-order chi connectivity index (χ0) is 19.5. The Hall–Kier alpha value is -3.20. The van der Waals surface area contributed by atoms with Crippen molar-refractivity contribution in [2.24, 2.45) is 9.98 Å². The van der Waals surface area contributed by atoms with Crippen molar-refractivity contribution >= 4 is 23.2 Å². The average Bonchev–Trinajstić information content (AvgIpc) is 3.34. The smallest absolute Gasteiger partial charge is 0.242 e. The van der Waals surface area contributed by atoms with E-state index in [-0.39, 0.29) is 6.04 Å². The van der Waals surface area contributed by atoms with Gasteiger partial charge in [-0.25, -0.2) is 15.0 Å². The van der Waals surface area contributed by atoms with Crippen molar-refractivity contribution in [2.45, 2.75) is 38.3 Å². The molecule has 2 atom stereocenters. The lowest BCUT2D eigenvalue weighted by atomic mass is 10.1. The second-order valence-electron chi connectivity index (χ2n) is 6.66. The molecule has 1 fully saturated rings. The second-order valence-corrected chi connectivity index (χ2v) is 6.66. The SMILES string of the molecule is C/C=C\C(=C1/NNC(=N[C@@H]2CCC[C@@H]2O)N=C1OC)c1cnc2nccn2c1. The first-order valence-corrected chi connectivity index (χ1v) is 9.26. The molecule has 1 saturated carbocycles. The van der Waals surface area contributed by atoms with Gasteiger partial charge in [0.05, 0.1) is 19.3 Å². The van der Waals surface area contributed by atoms with Crippen molar-refractivity contribution in [2.75, 3.05) is 7.11 Å². The molecule has 0 unspecified atom stereocenters. The number of rotatable bonds is 3. The Morgan fingerprint density at radius 2 is 2.25 bits per heavy atom. The van der Waals surface area contributed by atoms with E-state index in [1.165, 1.54) is 0 Å². The molecule has 0 radical (unpaired) electrons. The number of nitrogens with one attached hydrogen (secondary N) is 2. The maximum absolute atomic E-state index is 10.0. The Bertz CT molecular complexity index is 989. The number of ether oxygens (including phenoxy) is 1. The lowest BCUT2D eigenvalue weighted by Gasteiger charge is -2.23. The second kappa shape index (κ2) is 7.81. The predicted octanol–water partition coefficient (Wildman–Crippen LogP) is 1.44. The van der Waals surface area contributed by atoms with Crippen LogP contribution in [0.5, 0.6) is 0 Å². The van der Waals surface area contributed by atoms with E-state index in [9.17, 15) is 5.11 Å². The fraction of sp³-hybridized carbons (Fsp3) is 0.368. The van der Waals surface area contributed by atoms with E-state index in [1.807, 2.05) is 35.9 Å². The zero-order valence-electron chi connectivity index (χ0n) is 15.8. The van der Waals surface area contributed by atoms with Gasteiger partial charge in [-0.1, -0.05) is 12.2 Å². The van der Waals surface area contributed by atoms with E-state index >= 15 is 0 Å². The number of aliphatic hydroxyl groups excluding tert-OH is 1. The van der Waals surface area contributed by atoms with Gasteiger partial charge in [-0.2, -0.15) is 4.99 Å². The van der Waals surface area contributed by atoms with E-state index in [4.69, 9.17) is 4.74 Å². The summed E-state index contributed by atoms with van der Waals surface area (Å²) >= 11 is 0. The molecule has 4 rings (SSSR count). The minimum Gasteiger partial charge on any atom is -0.479 e. The van der Waals surface area contributed by atoms with E-state index in [0.29, 0.717) is 23.3 Å². The highest BCUT2D eigenvalue weighted by molar-refractivity contribution is 6.09. The van der Waals surface area contributed by atoms with Crippen LogP contribution < -0.4 is 10.9 Å². The highest BCUT2D eigenvalue weighted by atomic mass is 16.5. The van der Waals surface area contributed by atoms with Crippen molar-refractivity contribution in [1.82, 2.24) is 25.2 Å². The molecular weight excluding hydrogens is 358 g/mol. The van der Waals surface area contributed by atoms with Gasteiger partial charge in [-0.05, 0) is 26.2 Å². The molecule has 0 bridgehead atoms. The molecule has 146 valence electrons. The van der Waals surface area contributed by atoms with Crippen molar-refractivity contribution in [3.05, 3.63) is 48.2 Å². The number of allylic oxidation sites excluding steroid dienone is 3. The molecule has 3 heterocycles. The number of hydrazine groups is 1. The van der Waals surface area contributed by atoms with Crippen molar-refractivity contribution in [3.8, 4) is 0 Å². The summed E-state index contributed by atoms with van der Waals surface area (Å²) < 4.78 is 7.37. The van der Waals surface area contributed by atoms with E-state index in [1.54, 1.807) is 19.5 Å². The third-order valence-electron chi connectivity index (χ3n) is 4.81. The predicted molar refractivity (Wildman–Crippen MR) is 107 cm³/mol. The van der Waals surface area contributed by atoms with Gasteiger partial charge in [-0.3, -0.25) is 15.3 Å². The number of imidazole rings is 1. The summed E-state index contributed by atoms with van der Waals surface area (Å²) in [5.74, 6) is 1.44. The number of guanidine groups is 1. The van der Waals surface area contributed by atoms with Crippen LogP contribution in [0.15, 0.2) is 52.6 Å². The number of hydrogen-bond acceptors (Lipinski definition) is 6. The average molecular weight is 381 g/mol. The van der Waals surface area contributed by atoms with Gasteiger partial charge in [0.25, 0.3) is 0 Å². The molecule has 2 aromatic rings. The number of aromatic nitrogens is 3. The standard InChI is InChI=1S/C19H23N7O2/c1-3-5-13(12-10-21-19-20-8-9-26(19)11-12)16-17(28-2)23-18(25-24-16)22-14-6-4-7-15(14)27/h3,5,8-11,14-15,24,27H,4,6-7H2,1-2H3,(H,22,25)/b5-3-,16-13+/t14-,15+/m1/s1. The summed E-state index contributed by atoms with van der Waals surface area (Å²) in [6, 6.07) is -0.139. The van der Waals surface area contributed by atoms with Gasteiger partial charge in [-0.15, -0.1) is 0 Å². The summed E-state index contributed by atoms with van der Waals surface area (Å²) in [4.78, 5) is 17.6. The van der Waals surface area contributed by atoms with Gasteiger partial charge in [0.2, 0.25) is 17.6 Å². The summed E-state index contributed by atoms with van der Waals surface area (Å²) in [5, 5.41) is 10.0. The topological polar surface area (TPSA) is 108 Å². The van der Waals surface area contributed by atoms with Crippen LogP contribution in [-0.2, 0) is 4.74 Å². The van der Waals surface area contributed by atoms with Crippen LogP contribution in [0, 0.1) is 0 Å². The Kier molecular flexibility index (Phi) is 5.07. The van der Waals surface area contributed by atoms with Crippen LogP contribution in [0.2, 0.25) is 0 Å². The van der Waals surface area contributed by atoms with E-state index in [2.05, 4.69) is 30.8 Å². The highest BCUT2D eigenvalue weighted by Gasteiger charge is 2.27.